The Bertz CT molecular complexity index is 1030. The molecule has 2 aliphatic rings. The molecule has 2 fully saturated rings. The van der Waals surface area contributed by atoms with Crippen molar-refractivity contribution in [1.29, 1.82) is 0 Å². The Balaban J connectivity index is 1.57. The molecule has 0 spiro atoms. The number of nitrogens with zero attached hydrogens (tertiary/aromatic N) is 1. The van der Waals surface area contributed by atoms with Crippen LogP contribution < -0.4 is 5.32 Å². The zero-order valence-electron chi connectivity index (χ0n) is 18.6. The smallest absolute Gasteiger partial charge is 0.224 e. The topological polar surface area (TPSA) is 69.6 Å². The van der Waals surface area contributed by atoms with Gasteiger partial charge in [0.15, 0.2) is 0 Å². The summed E-state index contributed by atoms with van der Waals surface area (Å²) in [5, 5.41) is 26.2. The van der Waals surface area contributed by atoms with Gasteiger partial charge in [-0.05, 0) is 54.7 Å². The highest BCUT2D eigenvalue weighted by molar-refractivity contribution is 6.42. The van der Waals surface area contributed by atoms with Gasteiger partial charge in [0.1, 0.15) is 17.9 Å². The summed E-state index contributed by atoms with van der Waals surface area (Å²) in [6.45, 7) is 1.56. The number of amides is 1. The van der Waals surface area contributed by atoms with Crippen molar-refractivity contribution in [3.63, 3.8) is 0 Å². The number of likely N-dealkylation sites (N-methyl/N-ethyl adjacent to an activating group) is 1. The number of likely N-dealkylation sites (tertiary alicyclic amines) is 1. The molecule has 4 rings (SSSR count). The van der Waals surface area contributed by atoms with E-state index < -0.39 is 11.0 Å². The molecule has 3 atom stereocenters. The first-order chi connectivity index (χ1) is 15.0. The molecule has 3 N–H and O–H groups in total. The molecule has 2 aromatic rings. The maximum Gasteiger partial charge on any atom is 0.224 e. The number of fused-ring (bicyclic) bond motifs is 1. The molecular weight excluding hydrogens is 447 g/mol. The van der Waals surface area contributed by atoms with Gasteiger partial charge < -0.3 is 20.0 Å². The van der Waals surface area contributed by atoms with Crippen molar-refractivity contribution in [2.45, 2.75) is 49.2 Å². The fraction of sp³-hybridized carbons (Fsp3) is 0.480. The average molecular weight is 478 g/mol. The molecule has 32 heavy (non-hydrogen) atoms. The highest BCUT2D eigenvalue weighted by atomic mass is 35.5. The fourth-order valence-electron chi connectivity index (χ4n) is 5.78. The van der Waals surface area contributed by atoms with Gasteiger partial charge in [-0.2, -0.15) is 0 Å². The lowest BCUT2D eigenvalue weighted by Crippen LogP contribution is -2.70. The van der Waals surface area contributed by atoms with Crippen molar-refractivity contribution in [2.75, 3.05) is 27.2 Å². The third-order valence-corrected chi connectivity index (χ3v) is 8.08. The summed E-state index contributed by atoms with van der Waals surface area (Å²) < 4.78 is 0.755. The summed E-state index contributed by atoms with van der Waals surface area (Å²) in [4.78, 5) is 12.8. The van der Waals surface area contributed by atoms with Crippen molar-refractivity contribution >= 4 is 29.1 Å². The second-order valence-electron chi connectivity index (χ2n) is 10.2. The summed E-state index contributed by atoms with van der Waals surface area (Å²) >= 11 is 12.1. The zero-order chi connectivity index (χ0) is 23.1. The molecule has 1 saturated carbocycles. The summed E-state index contributed by atoms with van der Waals surface area (Å²) in [5.41, 5.74) is 0.346. The standard InChI is InChI=1S/C25H30Cl2N2O3/c1-29(2)11-10-24(18-4-3-5-20(30)14-18)15-19(8-9-25(24,32)16-29)28-23(31)13-17-6-7-21(26)22(27)12-17/h3-7,12,14,19,32H,8-11,13,15-16H2,1-2H3,(H-,28,30,31)/p+1/t19-,24-,25-/m0/s1. The van der Waals surface area contributed by atoms with Crippen molar-refractivity contribution in [1.82, 2.24) is 5.32 Å². The zero-order valence-corrected chi connectivity index (χ0v) is 20.1. The number of hydrogen-bond acceptors (Lipinski definition) is 3. The van der Waals surface area contributed by atoms with E-state index in [1.54, 1.807) is 24.3 Å². The lowest BCUT2D eigenvalue weighted by molar-refractivity contribution is -0.905. The first-order valence-corrected chi connectivity index (χ1v) is 11.8. The second-order valence-corrected chi connectivity index (χ2v) is 11.0. The van der Waals surface area contributed by atoms with Crippen molar-refractivity contribution in [3.8, 4) is 5.75 Å². The molecule has 0 radical (unpaired) electrons. The molecule has 1 heterocycles. The van der Waals surface area contributed by atoms with Gasteiger partial charge in [0, 0.05) is 17.9 Å². The summed E-state index contributed by atoms with van der Waals surface area (Å²) in [6.07, 6.45) is 2.96. The molecule has 1 aliphatic heterocycles. The van der Waals surface area contributed by atoms with Gasteiger partial charge in [-0.3, -0.25) is 4.79 Å². The number of aliphatic hydroxyl groups is 1. The molecule has 0 unspecified atom stereocenters. The van der Waals surface area contributed by atoms with Gasteiger partial charge in [-0.1, -0.05) is 41.4 Å². The van der Waals surface area contributed by atoms with E-state index in [2.05, 4.69) is 19.4 Å². The number of phenols is 1. The Morgan fingerprint density at radius 2 is 1.94 bits per heavy atom. The summed E-state index contributed by atoms with van der Waals surface area (Å²) in [5.74, 6) is 0.126. The number of quaternary nitrogens is 1. The first-order valence-electron chi connectivity index (χ1n) is 11.1. The van der Waals surface area contributed by atoms with E-state index in [9.17, 15) is 15.0 Å². The van der Waals surface area contributed by atoms with Crippen LogP contribution >= 0.6 is 23.2 Å². The number of piperidine rings is 1. The monoisotopic (exact) mass is 477 g/mol. The van der Waals surface area contributed by atoms with Crippen LogP contribution in [0.3, 0.4) is 0 Å². The van der Waals surface area contributed by atoms with Crippen LogP contribution in [0.4, 0.5) is 0 Å². The Kier molecular flexibility index (Phi) is 6.23. The maximum atomic E-state index is 12.8. The minimum Gasteiger partial charge on any atom is -0.508 e. The Hall–Kier alpha value is -1.79. The Labute approximate surface area is 199 Å². The van der Waals surface area contributed by atoms with E-state index in [-0.39, 0.29) is 24.1 Å². The van der Waals surface area contributed by atoms with E-state index in [0.717, 1.165) is 28.6 Å². The number of benzene rings is 2. The normalized spacial score (nSPS) is 29.2. The van der Waals surface area contributed by atoms with Crippen molar-refractivity contribution < 1.29 is 19.5 Å². The number of hydrogen-bond donors (Lipinski definition) is 3. The summed E-state index contributed by atoms with van der Waals surface area (Å²) in [7, 11) is 4.30. The quantitative estimate of drug-likeness (QED) is 0.581. The highest BCUT2D eigenvalue weighted by Gasteiger charge is 2.60. The van der Waals surface area contributed by atoms with Crippen LogP contribution in [0.1, 0.15) is 36.8 Å². The fourth-order valence-corrected chi connectivity index (χ4v) is 6.10. The van der Waals surface area contributed by atoms with E-state index in [4.69, 9.17) is 23.2 Å². The highest BCUT2D eigenvalue weighted by Crippen LogP contribution is 2.52. The lowest BCUT2D eigenvalue weighted by atomic mass is 9.55. The number of halogens is 2. The molecule has 2 aromatic carbocycles. The van der Waals surface area contributed by atoms with Crippen LogP contribution in [0.5, 0.6) is 5.75 Å². The van der Waals surface area contributed by atoms with Gasteiger partial charge in [0.2, 0.25) is 5.91 Å². The molecular formula is C25H31Cl2N2O3+. The van der Waals surface area contributed by atoms with E-state index in [0.29, 0.717) is 35.9 Å². The van der Waals surface area contributed by atoms with Crippen LogP contribution in [0.15, 0.2) is 42.5 Å². The van der Waals surface area contributed by atoms with Crippen molar-refractivity contribution in [2.24, 2.45) is 0 Å². The number of carbonyl (C=O) groups is 1. The number of carbonyl (C=O) groups excluding carboxylic acids is 1. The van der Waals surface area contributed by atoms with Crippen LogP contribution in [0.25, 0.3) is 0 Å². The minimum atomic E-state index is -0.895. The molecule has 172 valence electrons. The van der Waals surface area contributed by atoms with E-state index in [1.165, 1.54) is 0 Å². The molecule has 0 aromatic heterocycles. The molecule has 0 bridgehead atoms. The Morgan fingerprint density at radius 1 is 1.16 bits per heavy atom. The van der Waals surface area contributed by atoms with Gasteiger partial charge in [-0.15, -0.1) is 0 Å². The van der Waals surface area contributed by atoms with E-state index in [1.807, 2.05) is 18.2 Å². The number of nitrogens with one attached hydrogen (secondary N) is 1. The van der Waals surface area contributed by atoms with Gasteiger partial charge >= 0.3 is 0 Å². The summed E-state index contributed by atoms with van der Waals surface area (Å²) in [6, 6.07) is 12.4. The van der Waals surface area contributed by atoms with E-state index >= 15 is 0 Å². The van der Waals surface area contributed by atoms with Crippen LogP contribution in [-0.2, 0) is 16.6 Å². The molecule has 7 heteroatoms. The molecule has 1 saturated heterocycles. The number of aromatic hydroxyl groups is 1. The maximum absolute atomic E-state index is 12.8. The molecule has 5 nitrogen and oxygen atoms in total. The van der Waals surface area contributed by atoms with Gasteiger partial charge in [-0.25, -0.2) is 0 Å². The Morgan fingerprint density at radius 3 is 2.66 bits per heavy atom. The largest absolute Gasteiger partial charge is 0.508 e. The van der Waals surface area contributed by atoms with Crippen LogP contribution in [0, 0.1) is 0 Å². The second kappa shape index (κ2) is 8.53. The number of rotatable bonds is 4. The van der Waals surface area contributed by atoms with Crippen LogP contribution in [-0.4, -0.2) is 59.4 Å². The average Bonchev–Trinajstić information content (AvgIpc) is 2.70. The third kappa shape index (κ3) is 4.49. The van der Waals surface area contributed by atoms with Gasteiger partial charge in [0.25, 0.3) is 0 Å². The molecule has 1 aliphatic carbocycles. The third-order valence-electron chi connectivity index (χ3n) is 7.34. The minimum absolute atomic E-state index is 0.0541. The predicted octanol–water partition coefficient (Wildman–Crippen LogP) is 4.06. The predicted molar refractivity (Wildman–Crippen MR) is 127 cm³/mol. The van der Waals surface area contributed by atoms with Gasteiger partial charge in [0.05, 0.1) is 37.1 Å². The number of phenolic OH excluding ortho intramolecular Hbond substituents is 1. The molecule has 1 amide bonds. The first kappa shape index (κ1) is 23.4. The lowest BCUT2D eigenvalue weighted by Gasteiger charge is -2.58. The SMILES string of the molecule is C[N+]1(C)CC[C@@]2(c3cccc(O)c3)C[C@@H](NC(=O)Cc3ccc(Cl)c(Cl)c3)CC[C@]2(O)C1. The van der Waals surface area contributed by atoms with Crippen LogP contribution in [0.2, 0.25) is 10.0 Å². The van der Waals surface area contributed by atoms with Crippen molar-refractivity contribution in [3.05, 3.63) is 63.6 Å².